The van der Waals surface area contributed by atoms with Crippen LogP contribution in [0.5, 0.6) is 5.75 Å². The Labute approximate surface area is 196 Å². The number of amides is 1. The Morgan fingerprint density at radius 1 is 1.03 bits per heavy atom. The zero-order valence-electron chi connectivity index (χ0n) is 16.7. The first-order chi connectivity index (χ1) is 15.3. The highest BCUT2D eigenvalue weighted by atomic mass is 35.5. The van der Waals surface area contributed by atoms with Crippen molar-refractivity contribution in [2.75, 3.05) is 6.54 Å². The minimum atomic E-state index is -4.01. The Morgan fingerprint density at radius 3 is 2.47 bits per heavy atom. The molecular formula is C22H19Cl2N3O4S. The second-order valence-electron chi connectivity index (χ2n) is 6.71. The fourth-order valence-electron chi connectivity index (χ4n) is 2.79. The van der Waals surface area contributed by atoms with Crippen LogP contribution in [0.2, 0.25) is 10.0 Å². The van der Waals surface area contributed by atoms with E-state index >= 15 is 0 Å². The number of hydrogen-bond donors (Lipinski definition) is 2. The van der Waals surface area contributed by atoms with Crippen LogP contribution in [0.15, 0.2) is 82.8 Å². The molecule has 0 aliphatic rings. The standard InChI is InChI=1S/C22H19Cl2N3O4S/c23-18-10-9-17(21(24)12-18)14-27(32(30,31)20-7-2-1-3-8-20)15-22(29)26-25-13-16-5-4-6-19(28)11-16/h1-13,28H,14-15H2,(H,26,29)/b25-13-. The third-order valence-corrected chi connectivity index (χ3v) is 6.73. The van der Waals surface area contributed by atoms with Gasteiger partial charge in [0.1, 0.15) is 5.75 Å². The summed E-state index contributed by atoms with van der Waals surface area (Å²) in [5.74, 6) is -0.591. The van der Waals surface area contributed by atoms with Crippen LogP contribution in [0.4, 0.5) is 0 Å². The van der Waals surface area contributed by atoms with Crippen molar-refractivity contribution in [3.8, 4) is 5.75 Å². The molecule has 3 aromatic carbocycles. The van der Waals surface area contributed by atoms with E-state index in [-0.39, 0.29) is 22.2 Å². The summed E-state index contributed by atoms with van der Waals surface area (Å²) >= 11 is 12.1. The molecule has 7 nitrogen and oxygen atoms in total. The molecule has 32 heavy (non-hydrogen) atoms. The van der Waals surface area contributed by atoms with Crippen LogP contribution >= 0.6 is 23.2 Å². The third-order valence-electron chi connectivity index (χ3n) is 4.34. The van der Waals surface area contributed by atoms with Gasteiger partial charge in [0.2, 0.25) is 10.0 Å². The average Bonchev–Trinajstić information content (AvgIpc) is 2.75. The molecule has 0 atom stereocenters. The summed E-state index contributed by atoms with van der Waals surface area (Å²) < 4.78 is 27.4. The van der Waals surface area contributed by atoms with Crippen molar-refractivity contribution in [1.29, 1.82) is 0 Å². The molecule has 0 spiro atoms. The predicted octanol–water partition coefficient (Wildman–Crippen LogP) is 4.04. The number of benzene rings is 3. The van der Waals surface area contributed by atoms with Crippen LogP contribution in [0.25, 0.3) is 0 Å². The number of phenols is 1. The maximum absolute atomic E-state index is 13.2. The van der Waals surface area contributed by atoms with Gasteiger partial charge in [-0.05, 0) is 47.5 Å². The van der Waals surface area contributed by atoms with E-state index in [1.807, 2.05) is 0 Å². The lowest BCUT2D eigenvalue weighted by Gasteiger charge is -2.22. The van der Waals surface area contributed by atoms with Crippen molar-refractivity contribution < 1.29 is 18.3 Å². The monoisotopic (exact) mass is 491 g/mol. The first-order valence-electron chi connectivity index (χ1n) is 9.36. The lowest BCUT2D eigenvalue weighted by atomic mass is 10.2. The van der Waals surface area contributed by atoms with Crippen molar-refractivity contribution >= 4 is 45.3 Å². The van der Waals surface area contributed by atoms with Crippen molar-refractivity contribution in [1.82, 2.24) is 9.73 Å². The van der Waals surface area contributed by atoms with Gasteiger partial charge in [0.15, 0.2) is 0 Å². The molecule has 0 aromatic heterocycles. The number of carbonyl (C=O) groups excluding carboxylic acids is 1. The molecule has 3 aromatic rings. The summed E-state index contributed by atoms with van der Waals surface area (Å²) in [4.78, 5) is 12.5. The summed E-state index contributed by atoms with van der Waals surface area (Å²) in [6, 6.07) is 18.8. The van der Waals surface area contributed by atoms with Crippen LogP contribution in [0.3, 0.4) is 0 Å². The maximum Gasteiger partial charge on any atom is 0.255 e. The molecule has 0 aliphatic heterocycles. The van der Waals surface area contributed by atoms with Crippen LogP contribution < -0.4 is 5.43 Å². The Balaban J connectivity index is 1.81. The Hall–Kier alpha value is -2.91. The van der Waals surface area contributed by atoms with Gasteiger partial charge >= 0.3 is 0 Å². The van der Waals surface area contributed by atoms with E-state index in [0.717, 1.165) is 4.31 Å². The predicted molar refractivity (Wildman–Crippen MR) is 124 cm³/mol. The molecule has 166 valence electrons. The van der Waals surface area contributed by atoms with E-state index in [0.29, 0.717) is 16.1 Å². The molecule has 3 rings (SSSR count). The van der Waals surface area contributed by atoms with Crippen LogP contribution in [0.1, 0.15) is 11.1 Å². The highest BCUT2D eigenvalue weighted by molar-refractivity contribution is 7.89. The molecule has 1 amide bonds. The normalized spacial score (nSPS) is 11.7. The maximum atomic E-state index is 13.2. The summed E-state index contributed by atoms with van der Waals surface area (Å²) in [7, 11) is -4.01. The number of sulfonamides is 1. The summed E-state index contributed by atoms with van der Waals surface area (Å²) in [6.07, 6.45) is 1.34. The van der Waals surface area contributed by atoms with E-state index in [9.17, 15) is 18.3 Å². The van der Waals surface area contributed by atoms with Gasteiger partial charge in [0.25, 0.3) is 5.91 Å². The second-order valence-corrected chi connectivity index (χ2v) is 9.49. The molecular weight excluding hydrogens is 473 g/mol. The fourth-order valence-corrected chi connectivity index (χ4v) is 4.65. The number of halogens is 2. The van der Waals surface area contributed by atoms with Gasteiger partial charge < -0.3 is 5.11 Å². The van der Waals surface area contributed by atoms with Gasteiger partial charge in [-0.1, -0.05) is 59.6 Å². The van der Waals surface area contributed by atoms with Crippen molar-refractivity contribution in [3.63, 3.8) is 0 Å². The van der Waals surface area contributed by atoms with E-state index in [4.69, 9.17) is 23.2 Å². The topological polar surface area (TPSA) is 99.1 Å². The SMILES string of the molecule is O=C(CN(Cc1ccc(Cl)cc1Cl)S(=O)(=O)c1ccccc1)N/N=C\c1cccc(O)c1. The highest BCUT2D eigenvalue weighted by Gasteiger charge is 2.27. The van der Waals surface area contributed by atoms with Gasteiger partial charge in [0.05, 0.1) is 17.7 Å². The Bertz CT molecular complexity index is 1230. The first-order valence-corrected chi connectivity index (χ1v) is 11.6. The van der Waals surface area contributed by atoms with Crippen molar-refractivity contribution in [3.05, 3.63) is 94.0 Å². The Kier molecular flexibility index (Phi) is 7.87. The lowest BCUT2D eigenvalue weighted by molar-refractivity contribution is -0.121. The number of rotatable bonds is 8. The van der Waals surface area contributed by atoms with E-state index < -0.39 is 22.5 Å². The molecule has 0 saturated carbocycles. The lowest BCUT2D eigenvalue weighted by Crippen LogP contribution is -2.39. The Morgan fingerprint density at radius 2 is 1.78 bits per heavy atom. The molecule has 0 radical (unpaired) electrons. The molecule has 0 bridgehead atoms. The molecule has 0 saturated heterocycles. The molecule has 0 fully saturated rings. The number of nitrogens with one attached hydrogen (secondary N) is 1. The molecule has 0 heterocycles. The van der Waals surface area contributed by atoms with Crippen LogP contribution in [-0.4, -0.2) is 36.5 Å². The number of hydrogen-bond acceptors (Lipinski definition) is 5. The summed E-state index contributed by atoms with van der Waals surface area (Å²) in [5, 5.41) is 14.0. The van der Waals surface area contributed by atoms with E-state index in [1.54, 1.807) is 42.5 Å². The quantitative estimate of drug-likeness (QED) is 0.366. The van der Waals surface area contributed by atoms with Crippen LogP contribution in [-0.2, 0) is 21.4 Å². The van der Waals surface area contributed by atoms with Crippen molar-refractivity contribution in [2.45, 2.75) is 11.4 Å². The minimum absolute atomic E-state index is 0.0427. The van der Waals surface area contributed by atoms with Crippen molar-refractivity contribution in [2.24, 2.45) is 5.10 Å². The highest BCUT2D eigenvalue weighted by Crippen LogP contribution is 2.25. The third kappa shape index (κ3) is 6.30. The number of hydrazone groups is 1. The molecule has 10 heteroatoms. The second kappa shape index (κ2) is 10.6. The van der Waals surface area contributed by atoms with Gasteiger partial charge in [-0.2, -0.15) is 9.41 Å². The molecule has 0 unspecified atom stereocenters. The average molecular weight is 492 g/mol. The van der Waals surface area contributed by atoms with Crippen LogP contribution in [0, 0.1) is 0 Å². The number of nitrogens with zero attached hydrogens (tertiary/aromatic N) is 2. The fraction of sp³-hybridized carbons (Fsp3) is 0.0909. The van der Waals surface area contributed by atoms with Gasteiger partial charge in [0, 0.05) is 16.6 Å². The first kappa shape index (κ1) is 23.7. The van der Waals surface area contributed by atoms with Gasteiger partial charge in [-0.3, -0.25) is 4.79 Å². The molecule has 2 N–H and O–H groups in total. The number of carbonyl (C=O) groups is 1. The minimum Gasteiger partial charge on any atom is -0.508 e. The zero-order valence-corrected chi connectivity index (χ0v) is 19.0. The largest absolute Gasteiger partial charge is 0.508 e. The summed E-state index contributed by atoms with van der Waals surface area (Å²) in [6.45, 7) is -0.634. The number of phenolic OH excluding ortho intramolecular Hbond substituents is 1. The smallest absolute Gasteiger partial charge is 0.255 e. The molecule has 0 aliphatic carbocycles. The zero-order chi connectivity index (χ0) is 23.1. The van der Waals surface area contributed by atoms with Gasteiger partial charge in [-0.15, -0.1) is 0 Å². The van der Waals surface area contributed by atoms with Gasteiger partial charge in [-0.25, -0.2) is 13.8 Å². The van der Waals surface area contributed by atoms with E-state index in [1.165, 1.54) is 36.5 Å². The number of aromatic hydroxyl groups is 1. The summed E-state index contributed by atoms with van der Waals surface area (Å²) in [5.41, 5.74) is 3.36. The van der Waals surface area contributed by atoms with E-state index in [2.05, 4.69) is 10.5 Å².